The van der Waals surface area contributed by atoms with Gasteiger partial charge in [-0.25, -0.2) is 0 Å². The molecule has 100 valence electrons. The minimum absolute atomic E-state index is 0.101. The number of ether oxygens (including phenoxy) is 1. The van der Waals surface area contributed by atoms with Gasteiger partial charge < -0.3 is 10.5 Å². The van der Waals surface area contributed by atoms with Crippen molar-refractivity contribution in [1.82, 2.24) is 10.2 Å². The number of hydrogen-bond acceptors (Lipinski definition) is 3. The van der Waals surface area contributed by atoms with Crippen LogP contribution in [0.15, 0.2) is 42.6 Å². The summed E-state index contributed by atoms with van der Waals surface area (Å²) in [4.78, 5) is 0. The van der Waals surface area contributed by atoms with E-state index in [2.05, 4.69) is 40.5 Å². The SMILES string of the molecule is NC[C@H]1Cc2cccc(-c3ccc4[nH]ncc4c3)c2O1. The number of fused-ring (bicyclic) bond motifs is 2. The molecule has 2 heterocycles. The Labute approximate surface area is 116 Å². The number of nitrogens with one attached hydrogen (secondary N) is 1. The quantitative estimate of drug-likeness (QED) is 0.748. The number of H-pyrrole nitrogens is 1. The van der Waals surface area contributed by atoms with Gasteiger partial charge in [0, 0.05) is 23.9 Å². The average molecular weight is 265 g/mol. The van der Waals surface area contributed by atoms with Crippen molar-refractivity contribution in [1.29, 1.82) is 0 Å². The zero-order valence-electron chi connectivity index (χ0n) is 11.0. The van der Waals surface area contributed by atoms with Gasteiger partial charge in [0.25, 0.3) is 0 Å². The van der Waals surface area contributed by atoms with Crippen LogP contribution in [0.3, 0.4) is 0 Å². The Kier molecular flexibility index (Phi) is 2.50. The number of nitrogens with two attached hydrogens (primary N) is 1. The number of hydrogen-bond donors (Lipinski definition) is 2. The summed E-state index contributed by atoms with van der Waals surface area (Å²) in [5.41, 5.74) is 10.3. The third-order valence-corrected chi connectivity index (χ3v) is 3.84. The monoisotopic (exact) mass is 265 g/mol. The third kappa shape index (κ3) is 1.69. The van der Waals surface area contributed by atoms with Crippen molar-refractivity contribution in [3.8, 4) is 16.9 Å². The Morgan fingerprint density at radius 1 is 1.30 bits per heavy atom. The van der Waals surface area contributed by atoms with E-state index in [-0.39, 0.29) is 6.10 Å². The number of benzene rings is 2. The summed E-state index contributed by atoms with van der Waals surface area (Å²) in [6, 6.07) is 12.6. The van der Waals surface area contributed by atoms with Crippen LogP contribution in [0.25, 0.3) is 22.0 Å². The highest BCUT2D eigenvalue weighted by Gasteiger charge is 2.24. The predicted molar refractivity (Wildman–Crippen MR) is 78.7 cm³/mol. The fraction of sp³-hybridized carbons (Fsp3) is 0.188. The summed E-state index contributed by atoms with van der Waals surface area (Å²) in [6.45, 7) is 0.550. The zero-order chi connectivity index (χ0) is 13.5. The molecular formula is C16H15N3O. The van der Waals surface area contributed by atoms with Gasteiger partial charge in [-0.1, -0.05) is 24.3 Å². The van der Waals surface area contributed by atoms with Crippen LogP contribution in [0.5, 0.6) is 5.75 Å². The second kappa shape index (κ2) is 4.35. The lowest BCUT2D eigenvalue weighted by Crippen LogP contribution is -2.24. The molecule has 0 radical (unpaired) electrons. The number of aromatic nitrogens is 2. The van der Waals surface area contributed by atoms with Crippen molar-refractivity contribution in [3.05, 3.63) is 48.2 Å². The molecule has 4 nitrogen and oxygen atoms in total. The van der Waals surface area contributed by atoms with Crippen molar-refractivity contribution in [2.45, 2.75) is 12.5 Å². The van der Waals surface area contributed by atoms with Crippen molar-refractivity contribution in [2.24, 2.45) is 5.73 Å². The van der Waals surface area contributed by atoms with E-state index >= 15 is 0 Å². The Morgan fingerprint density at radius 2 is 2.25 bits per heavy atom. The Hall–Kier alpha value is -2.33. The van der Waals surface area contributed by atoms with Crippen LogP contribution in [0, 0.1) is 0 Å². The first-order valence-corrected chi connectivity index (χ1v) is 6.77. The van der Waals surface area contributed by atoms with Crippen LogP contribution in [0.4, 0.5) is 0 Å². The molecule has 1 aromatic heterocycles. The fourth-order valence-electron chi connectivity index (χ4n) is 2.81. The van der Waals surface area contributed by atoms with Gasteiger partial charge >= 0.3 is 0 Å². The Balaban J connectivity index is 1.85. The average Bonchev–Trinajstić information content (AvgIpc) is 3.11. The van der Waals surface area contributed by atoms with Gasteiger partial charge in [0.05, 0.1) is 11.7 Å². The lowest BCUT2D eigenvalue weighted by Gasteiger charge is -2.11. The van der Waals surface area contributed by atoms with E-state index in [1.54, 1.807) is 0 Å². The number of rotatable bonds is 2. The highest BCUT2D eigenvalue weighted by Crippen LogP contribution is 2.39. The molecule has 0 fully saturated rings. The largest absolute Gasteiger partial charge is 0.488 e. The van der Waals surface area contributed by atoms with Crippen LogP contribution < -0.4 is 10.5 Å². The first-order valence-electron chi connectivity index (χ1n) is 6.77. The molecule has 0 amide bonds. The van der Waals surface area contributed by atoms with Crippen LogP contribution >= 0.6 is 0 Å². The molecule has 3 N–H and O–H groups in total. The molecule has 0 spiro atoms. The van der Waals surface area contributed by atoms with Crippen molar-refractivity contribution in [3.63, 3.8) is 0 Å². The highest BCUT2D eigenvalue weighted by atomic mass is 16.5. The normalized spacial score (nSPS) is 17.1. The van der Waals surface area contributed by atoms with Crippen LogP contribution in [0.2, 0.25) is 0 Å². The van der Waals surface area contributed by atoms with E-state index in [1.807, 2.05) is 12.3 Å². The minimum Gasteiger partial charge on any atom is -0.488 e. The van der Waals surface area contributed by atoms with E-state index in [0.717, 1.165) is 34.2 Å². The number of para-hydroxylation sites is 1. The summed E-state index contributed by atoms with van der Waals surface area (Å²) < 4.78 is 5.99. The van der Waals surface area contributed by atoms with Gasteiger partial charge in [-0.3, -0.25) is 5.10 Å². The molecule has 4 heteroatoms. The topological polar surface area (TPSA) is 63.9 Å². The van der Waals surface area contributed by atoms with Crippen molar-refractivity contribution < 1.29 is 4.74 Å². The molecule has 4 rings (SSSR count). The first kappa shape index (κ1) is 11.5. The predicted octanol–water partition coefficient (Wildman–Crippen LogP) is 2.49. The summed E-state index contributed by atoms with van der Waals surface area (Å²) >= 11 is 0. The van der Waals surface area contributed by atoms with E-state index in [9.17, 15) is 0 Å². The molecule has 1 aliphatic rings. The van der Waals surface area contributed by atoms with Crippen molar-refractivity contribution in [2.75, 3.05) is 6.54 Å². The van der Waals surface area contributed by atoms with Gasteiger partial charge in [0.1, 0.15) is 11.9 Å². The molecule has 0 saturated carbocycles. The molecule has 0 aliphatic carbocycles. The standard InChI is InChI=1S/C16H15N3O/c17-8-13-7-11-2-1-3-14(16(11)20-13)10-4-5-15-12(6-10)9-18-19-15/h1-6,9,13H,7-8,17H2,(H,18,19)/t13-/m1/s1. The maximum Gasteiger partial charge on any atom is 0.130 e. The summed E-state index contributed by atoms with van der Waals surface area (Å²) in [7, 11) is 0. The van der Waals surface area contributed by atoms with Gasteiger partial charge in [0.2, 0.25) is 0 Å². The lowest BCUT2D eigenvalue weighted by molar-refractivity contribution is 0.242. The zero-order valence-corrected chi connectivity index (χ0v) is 11.0. The molecule has 1 aliphatic heterocycles. The van der Waals surface area contributed by atoms with E-state index in [0.29, 0.717) is 6.54 Å². The van der Waals surface area contributed by atoms with E-state index in [4.69, 9.17) is 10.5 Å². The fourth-order valence-corrected chi connectivity index (χ4v) is 2.81. The van der Waals surface area contributed by atoms with Crippen molar-refractivity contribution >= 4 is 10.9 Å². The van der Waals surface area contributed by atoms with E-state index in [1.165, 1.54) is 5.56 Å². The molecule has 0 unspecified atom stereocenters. The van der Waals surface area contributed by atoms with Gasteiger partial charge in [-0.15, -0.1) is 0 Å². The van der Waals surface area contributed by atoms with Gasteiger partial charge in [-0.05, 0) is 23.3 Å². The number of nitrogens with zero attached hydrogens (tertiary/aromatic N) is 1. The molecule has 0 bridgehead atoms. The summed E-state index contributed by atoms with van der Waals surface area (Å²) in [5.74, 6) is 0.978. The molecule has 20 heavy (non-hydrogen) atoms. The van der Waals surface area contributed by atoms with Crippen LogP contribution in [-0.2, 0) is 6.42 Å². The first-order chi connectivity index (χ1) is 9.85. The summed E-state index contributed by atoms with van der Waals surface area (Å²) in [6.07, 6.45) is 2.84. The van der Waals surface area contributed by atoms with Crippen LogP contribution in [-0.4, -0.2) is 22.8 Å². The third-order valence-electron chi connectivity index (χ3n) is 3.84. The smallest absolute Gasteiger partial charge is 0.130 e. The summed E-state index contributed by atoms with van der Waals surface area (Å²) in [5, 5.41) is 8.14. The second-order valence-corrected chi connectivity index (χ2v) is 5.15. The molecule has 3 aromatic rings. The number of aromatic amines is 1. The molecule has 1 atom stereocenters. The molecule has 0 saturated heterocycles. The minimum atomic E-state index is 0.101. The second-order valence-electron chi connectivity index (χ2n) is 5.15. The maximum atomic E-state index is 5.99. The van der Waals surface area contributed by atoms with Gasteiger partial charge in [-0.2, -0.15) is 5.10 Å². The molecule has 2 aromatic carbocycles. The van der Waals surface area contributed by atoms with E-state index < -0.39 is 0 Å². The van der Waals surface area contributed by atoms with Crippen LogP contribution in [0.1, 0.15) is 5.56 Å². The van der Waals surface area contributed by atoms with Gasteiger partial charge in [0.15, 0.2) is 0 Å². The Bertz CT molecular complexity index is 778. The maximum absolute atomic E-state index is 5.99. The molecular weight excluding hydrogens is 250 g/mol. The Morgan fingerprint density at radius 3 is 3.15 bits per heavy atom. The lowest BCUT2D eigenvalue weighted by atomic mass is 10.00. The highest BCUT2D eigenvalue weighted by molar-refractivity contribution is 5.85.